The molecule has 0 unspecified atom stereocenters. The van der Waals surface area contributed by atoms with Gasteiger partial charge >= 0.3 is 5.63 Å². The number of carbonyl (C=O) groups excluding carboxylic acids is 2. The summed E-state index contributed by atoms with van der Waals surface area (Å²) in [6.07, 6.45) is 0.489. The van der Waals surface area contributed by atoms with Crippen LogP contribution in [0.4, 0.5) is 0 Å². The first-order chi connectivity index (χ1) is 10.9. The molecule has 0 N–H and O–H groups in total. The van der Waals surface area contributed by atoms with Crippen LogP contribution in [0.5, 0.6) is 0 Å². The Bertz CT molecular complexity index is 847. The zero-order chi connectivity index (χ0) is 16.7. The molecular formula is C18H19NO4. The first-order valence-electron chi connectivity index (χ1n) is 7.77. The van der Waals surface area contributed by atoms with Crippen molar-refractivity contribution < 1.29 is 14.0 Å². The number of carbonyl (C=O) groups is 2. The average Bonchev–Trinajstić information content (AvgIpc) is 2.78. The Hall–Kier alpha value is -2.43. The van der Waals surface area contributed by atoms with E-state index in [-0.39, 0.29) is 31.2 Å². The van der Waals surface area contributed by atoms with E-state index >= 15 is 0 Å². The van der Waals surface area contributed by atoms with E-state index in [2.05, 4.69) is 13.8 Å². The van der Waals surface area contributed by atoms with Crippen LogP contribution < -0.4 is 5.63 Å². The van der Waals surface area contributed by atoms with E-state index in [1.54, 1.807) is 0 Å². The molecule has 2 heterocycles. The molecule has 1 aromatic heterocycles. The lowest BCUT2D eigenvalue weighted by Crippen LogP contribution is -2.28. The van der Waals surface area contributed by atoms with E-state index in [9.17, 15) is 14.4 Å². The van der Waals surface area contributed by atoms with Crippen LogP contribution in [0, 0.1) is 6.92 Å². The van der Waals surface area contributed by atoms with Crippen molar-refractivity contribution in [1.29, 1.82) is 0 Å². The monoisotopic (exact) mass is 313 g/mol. The Morgan fingerprint density at radius 2 is 1.74 bits per heavy atom. The average molecular weight is 313 g/mol. The van der Waals surface area contributed by atoms with Crippen molar-refractivity contribution in [3.8, 4) is 0 Å². The van der Waals surface area contributed by atoms with Crippen molar-refractivity contribution in [2.45, 2.75) is 46.1 Å². The van der Waals surface area contributed by atoms with Gasteiger partial charge in [0.2, 0.25) is 11.8 Å². The number of benzene rings is 1. The van der Waals surface area contributed by atoms with Gasteiger partial charge in [0.1, 0.15) is 5.58 Å². The summed E-state index contributed by atoms with van der Waals surface area (Å²) in [5, 5.41) is 0.784. The van der Waals surface area contributed by atoms with Crippen molar-refractivity contribution in [2.75, 3.05) is 0 Å². The standard InChI is InChI=1S/C18H19NO4/c1-10(2)13-8-14-12(9-19-16(20)4-5-17(19)21)7-18(22)23-15(14)6-11(13)3/h6-8,10H,4-5,9H2,1-3H3. The fourth-order valence-corrected chi connectivity index (χ4v) is 3.11. The zero-order valence-electron chi connectivity index (χ0n) is 13.5. The summed E-state index contributed by atoms with van der Waals surface area (Å²) in [7, 11) is 0. The number of hydrogen-bond donors (Lipinski definition) is 0. The SMILES string of the molecule is Cc1cc2oc(=O)cc(CN3C(=O)CCC3=O)c2cc1C(C)C. The van der Waals surface area contributed by atoms with Crippen LogP contribution >= 0.6 is 0 Å². The molecule has 1 aromatic carbocycles. The Morgan fingerprint density at radius 3 is 2.35 bits per heavy atom. The van der Waals surface area contributed by atoms with Crippen LogP contribution in [0.15, 0.2) is 27.4 Å². The zero-order valence-corrected chi connectivity index (χ0v) is 13.5. The first kappa shape index (κ1) is 15.5. The van der Waals surface area contributed by atoms with Gasteiger partial charge in [-0.05, 0) is 41.7 Å². The molecule has 23 heavy (non-hydrogen) atoms. The Morgan fingerprint density at radius 1 is 1.09 bits per heavy atom. The van der Waals surface area contributed by atoms with Crippen LogP contribution in [0.3, 0.4) is 0 Å². The normalized spacial score (nSPS) is 15.2. The smallest absolute Gasteiger partial charge is 0.336 e. The number of fused-ring (bicyclic) bond motifs is 1. The van der Waals surface area contributed by atoms with Gasteiger partial charge in [-0.2, -0.15) is 0 Å². The number of nitrogens with zero attached hydrogens (tertiary/aromatic N) is 1. The minimum atomic E-state index is -0.469. The van der Waals surface area contributed by atoms with Gasteiger partial charge in [0.15, 0.2) is 0 Å². The lowest BCUT2D eigenvalue weighted by atomic mass is 9.95. The van der Waals surface area contributed by atoms with Gasteiger partial charge < -0.3 is 4.42 Å². The van der Waals surface area contributed by atoms with Gasteiger partial charge in [0.25, 0.3) is 0 Å². The van der Waals surface area contributed by atoms with E-state index in [0.717, 1.165) is 16.5 Å². The number of rotatable bonds is 3. The Balaban J connectivity index is 2.15. The third kappa shape index (κ3) is 2.79. The predicted molar refractivity (Wildman–Crippen MR) is 86.1 cm³/mol. The number of imide groups is 1. The first-order valence-corrected chi connectivity index (χ1v) is 7.77. The summed E-state index contributed by atoms with van der Waals surface area (Å²) >= 11 is 0. The Labute approximate surface area is 133 Å². The number of amides is 2. The van der Waals surface area contributed by atoms with Crippen molar-refractivity contribution in [3.63, 3.8) is 0 Å². The van der Waals surface area contributed by atoms with Crippen LogP contribution in [-0.4, -0.2) is 16.7 Å². The minimum Gasteiger partial charge on any atom is -0.423 e. The molecule has 3 rings (SSSR count). The van der Waals surface area contributed by atoms with Crippen molar-refractivity contribution in [1.82, 2.24) is 4.90 Å². The van der Waals surface area contributed by atoms with Crippen molar-refractivity contribution in [3.05, 3.63) is 45.3 Å². The molecule has 0 saturated carbocycles. The fourth-order valence-electron chi connectivity index (χ4n) is 3.11. The summed E-state index contributed by atoms with van der Waals surface area (Å²) in [5.74, 6) is -0.0469. The van der Waals surface area contributed by atoms with Gasteiger partial charge in [-0.1, -0.05) is 13.8 Å². The second-order valence-corrected chi connectivity index (χ2v) is 6.32. The molecule has 1 fully saturated rings. The van der Waals surface area contributed by atoms with Gasteiger partial charge in [0, 0.05) is 24.3 Å². The molecule has 1 aliphatic heterocycles. The second kappa shape index (κ2) is 5.65. The fraction of sp³-hybridized carbons (Fsp3) is 0.389. The molecule has 0 atom stereocenters. The largest absolute Gasteiger partial charge is 0.423 e. The summed E-state index contributed by atoms with van der Waals surface area (Å²) in [6.45, 7) is 6.30. The summed E-state index contributed by atoms with van der Waals surface area (Å²) in [4.78, 5) is 36.7. The summed E-state index contributed by atoms with van der Waals surface area (Å²) in [6, 6.07) is 5.22. The van der Waals surface area contributed by atoms with Gasteiger partial charge in [0.05, 0.1) is 6.54 Å². The molecule has 0 aliphatic carbocycles. The maximum Gasteiger partial charge on any atom is 0.336 e. The highest BCUT2D eigenvalue weighted by Crippen LogP contribution is 2.28. The maximum absolute atomic E-state index is 11.8. The number of hydrogen-bond acceptors (Lipinski definition) is 4. The predicted octanol–water partition coefficient (Wildman–Crippen LogP) is 2.87. The highest BCUT2D eigenvalue weighted by molar-refractivity contribution is 6.02. The van der Waals surface area contributed by atoms with Crippen LogP contribution in [0.1, 0.15) is 49.3 Å². The second-order valence-electron chi connectivity index (χ2n) is 6.32. The maximum atomic E-state index is 11.8. The highest BCUT2D eigenvalue weighted by atomic mass is 16.4. The van der Waals surface area contributed by atoms with E-state index in [0.29, 0.717) is 17.1 Å². The highest BCUT2D eigenvalue weighted by Gasteiger charge is 2.29. The molecule has 1 aliphatic rings. The van der Waals surface area contributed by atoms with Crippen molar-refractivity contribution >= 4 is 22.8 Å². The van der Waals surface area contributed by atoms with Gasteiger partial charge in [-0.25, -0.2) is 4.79 Å². The van der Waals surface area contributed by atoms with E-state index in [1.165, 1.54) is 11.0 Å². The lowest BCUT2D eigenvalue weighted by molar-refractivity contribution is -0.139. The van der Waals surface area contributed by atoms with Gasteiger partial charge in [-0.3, -0.25) is 14.5 Å². The molecule has 5 heteroatoms. The number of aryl methyl sites for hydroxylation is 1. The molecular weight excluding hydrogens is 294 g/mol. The lowest BCUT2D eigenvalue weighted by Gasteiger charge is -2.16. The van der Waals surface area contributed by atoms with Crippen LogP contribution in [-0.2, 0) is 16.1 Å². The quantitative estimate of drug-likeness (QED) is 0.645. The Kier molecular flexibility index (Phi) is 3.80. The van der Waals surface area contributed by atoms with E-state index in [4.69, 9.17) is 4.42 Å². The number of likely N-dealkylation sites (tertiary alicyclic amines) is 1. The molecule has 1 saturated heterocycles. The van der Waals surface area contributed by atoms with Gasteiger partial charge in [-0.15, -0.1) is 0 Å². The molecule has 0 bridgehead atoms. The van der Waals surface area contributed by atoms with E-state index in [1.807, 2.05) is 19.1 Å². The third-order valence-electron chi connectivity index (χ3n) is 4.32. The third-order valence-corrected chi connectivity index (χ3v) is 4.32. The van der Waals surface area contributed by atoms with Crippen molar-refractivity contribution in [2.24, 2.45) is 0 Å². The molecule has 120 valence electrons. The van der Waals surface area contributed by atoms with E-state index < -0.39 is 5.63 Å². The summed E-state index contributed by atoms with van der Waals surface area (Å²) < 4.78 is 5.29. The van der Waals surface area contributed by atoms with Crippen LogP contribution in [0.2, 0.25) is 0 Å². The molecule has 5 nitrogen and oxygen atoms in total. The minimum absolute atomic E-state index is 0.125. The molecule has 2 aromatic rings. The topological polar surface area (TPSA) is 67.6 Å². The van der Waals surface area contributed by atoms with Crippen LogP contribution in [0.25, 0.3) is 11.0 Å². The molecule has 0 spiro atoms. The molecule has 0 radical (unpaired) electrons. The molecule has 2 amide bonds. The summed E-state index contributed by atoms with van der Waals surface area (Å²) in [5.41, 5.74) is 2.89.